The van der Waals surface area contributed by atoms with E-state index < -0.39 is 23.6 Å². The average Bonchev–Trinajstić information content (AvgIpc) is 2.64. The van der Waals surface area contributed by atoms with Crippen LogP contribution >= 0.6 is 23.2 Å². The summed E-state index contributed by atoms with van der Waals surface area (Å²) >= 11 is 11.4. The number of carbonyl (C=O) groups excluding carboxylic acids is 4. The quantitative estimate of drug-likeness (QED) is 0.452. The van der Waals surface area contributed by atoms with Gasteiger partial charge in [0.1, 0.15) is 0 Å². The van der Waals surface area contributed by atoms with E-state index in [2.05, 4.69) is 10.9 Å². The fraction of sp³-hybridized carbons (Fsp3) is 0. The van der Waals surface area contributed by atoms with Crippen LogP contribution in [0.3, 0.4) is 0 Å². The lowest BCUT2D eigenvalue weighted by Gasteiger charge is -2.09. The highest BCUT2D eigenvalue weighted by molar-refractivity contribution is 6.35. The molecule has 2 aromatic rings. The second-order valence-corrected chi connectivity index (χ2v) is 5.70. The zero-order valence-corrected chi connectivity index (χ0v) is 14.5. The Balaban J connectivity index is 1.79. The third-order valence-electron chi connectivity index (χ3n) is 3.00. The van der Waals surface area contributed by atoms with Crippen LogP contribution in [0.2, 0.25) is 10.0 Å². The molecule has 0 aliphatic rings. The molecule has 0 heterocycles. The molecule has 8 nitrogen and oxygen atoms in total. The highest BCUT2D eigenvalue weighted by atomic mass is 35.5. The van der Waals surface area contributed by atoms with Gasteiger partial charge in [0.15, 0.2) is 0 Å². The fourth-order valence-electron chi connectivity index (χ4n) is 1.69. The van der Waals surface area contributed by atoms with Crippen LogP contribution in [0.1, 0.15) is 20.7 Å². The van der Waals surface area contributed by atoms with Crippen molar-refractivity contribution in [2.45, 2.75) is 0 Å². The maximum absolute atomic E-state index is 11.8. The predicted molar refractivity (Wildman–Crippen MR) is 94.1 cm³/mol. The smallest absolute Gasteiger partial charge is 0.267 e. The molecular weight excluding hydrogens is 383 g/mol. The third-order valence-corrected chi connectivity index (χ3v) is 3.50. The van der Waals surface area contributed by atoms with Gasteiger partial charge in [-0.05, 0) is 48.5 Å². The van der Waals surface area contributed by atoms with Crippen molar-refractivity contribution in [1.29, 1.82) is 0 Å². The molecule has 10 heteroatoms. The van der Waals surface area contributed by atoms with Gasteiger partial charge in [0.25, 0.3) is 11.8 Å². The first kappa shape index (κ1) is 19.2. The highest BCUT2D eigenvalue weighted by Crippen LogP contribution is 2.09. The van der Waals surface area contributed by atoms with E-state index in [1.165, 1.54) is 48.5 Å². The summed E-state index contributed by atoms with van der Waals surface area (Å²) in [7, 11) is 0. The van der Waals surface area contributed by atoms with Gasteiger partial charge in [-0.25, -0.2) is 0 Å². The van der Waals surface area contributed by atoms with Gasteiger partial charge in [-0.1, -0.05) is 23.2 Å². The molecule has 0 aromatic heterocycles. The molecule has 0 saturated carbocycles. The Hall–Kier alpha value is -3.10. The normalized spacial score (nSPS) is 9.77. The predicted octanol–water partition coefficient (Wildman–Crippen LogP) is 1.22. The Kier molecular flexibility index (Phi) is 6.54. The van der Waals surface area contributed by atoms with Gasteiger partial charge >= 0.3 is 11.8 Å². The second kappa shape index (κ2) is 8.84. The first-order valence-corrected chi connectivity index (χ1v) is 7.84. The van der Waals surface area contributed by atoms with Gasteiger partial charge in [0.2, 0.25) is 0 Å². The summed E-state index contributed by atoms with van der Waals surface area (Å²) in [5, 5.41) is 0.891. The van der Waals surface area contributed by atoms with Crippen LogP contribution in [0.25, 0.3) is 0 Å². The SMILES string of the molecule is O=C(NNC(=O)c1ccc(Cl)cc1)C(=O)NNC(=O)c1ccc(Cl)cc1. The maximum atomic E-state index is 11.8. The van der Waals surface area contributed by atoms with Crippen molar-refractivity contribution in [3.8, 4) is 0 Å². The molecule has 2 aromatic carbocycles. The topological polar surface area (TPSA) is 116 Å². The van der Waals surface area contributed by atoms with Gasteiger partial charge in [-0.2, -0.15) is 0 Å². The number of halogens is 2. The minimum atomic E-state index is -1.18. The number of rotatable bonds is 2. The molecule has 0 saturated heterocycles. The van der Waals surface area contributed by atoms with E-state index in [1.54, 1.807) is 0 Å². The Morgan fingerprint density at radius 2 is 0.846 bits per heavy atom. The van der Waals surface area contributed by atoms with Crippen molar-refractivity contribution < 1.29 is 19.2 Å². The molecule has 4 N–H and O–H groups in total. The van der Waals surface area contributed by atoms with Crippen molar-refractivity contribution in [1.82, 2.24) is 21.7 Å². The number of hydrogen-bond donors (Lipinski definition) is 4. The number of carbonyl (C=O) groups is 4. The molecule has 4 amide bonds. The van der Waals surface area contributed by atoms with Crippen molar-refractivity contribution >= 4 is 46.8 Å². The number of hydrogen-bond acceptors (Lipinski definition) is 4. The highest BCUT2D eigenvalue weighted by Gasteiger charge is 2.16. The van der Waals surface area contributed by atoms with E-state index >= 15 is 0 Å². The third kappa shape index (κ3) is 5.47. The number of hydrazine groups is 2. The van der Waals surface area contributed by atoms with Crippen LogP contribution in [0.4, 0.5) is 0 Å². The molecule has 0 atom stereocenters. The van der Waals surface area contributed by atoms with Crippen molar-refractivity contribution in [3.05, 3.63) is 69.7 Å². The molecule has 26 heavy (non-hydrogen) atoms. The second-order valence-electron chi connectivity index (χ2n) is 4.83. The van der Waals surface area contributed by atoms with E-state index in [0.29, 0.717) is 10.0 Å². The Bertz CT molecular complexity index is 767. The Morgan fingerprint density at radius 1 is 0.538 bits per heavy atom. The minimum absolute atomic E-state index is 0.228. The molecule has 0 fully saturated rings. The van der Waals surface area contributed by atoms with Crippen LogP contribution in [0, 0.1) is 0 Å². The summed E-state index contributed by atoms with van der Waals surface area (Å²) in [6, 6.07) is 11.8. The monoisotopic (exact) mass is 394 g/mol. The lowest BCUT2D eigenvalue weighted by Crippen LogP contribution is -2.52. The van der Waals surface area contributed by atoms with Crippen LogP contribution in [0.5, 0.6) is 0 Å². The minimum Gasteiger partial charge on any atom is -0.267 e. The molecule has 0 spiro atoms. The van der Waals surface area contributed by atoms with Gasteiger partial charge < -0.3 is 0 Å². The zero-order valence-electron chi connectivity index (χ0n) is 13.0. The molecular formula is C16H12Cl2N4O4. The molecule has 0 unspecified atom stereocenters. The van der Waals surface area contributed by atoms with E-state index in [9.17, 15) is 19.2 Å². The van der Waals surface area contributed by atoms with Gasteiger partial charge in [-0.15, -0.1) is 0 Å². The maximum Gasteiger partial charge on any atom is 0.329 e. The lowest BCUT2D eigenvalue weighted by atomic mass is 10.2. The summed E-state index contributed by atoms with van der Waals surface area (Å²) in [4.78, 5) is 46.8. The first-order chi connectivity index (χ1) is 12.4. The number of amides is 4. The standard InChI is InChI=1S/C16H12Cl2N4O4/c17-11-5-1-9(2-6-11)13(23)19-21-15(25)16(26)22-20-14(24)10-3-7-12(18)8-4-10/h1-8H,(H,19,23)(H,20,24)(H,21,25)(H,22,26). The van der Waals surface area contributed by atoms with E-state index in [0.717, 1.165) is 0 Å². The van der Waals surface area contributed by atoms with Gasteiger partial charge in [0, 0.05) is 21.2 Å². The number of nitrogens with one attached hydrogen (secondary N) is 4. The molecule has 134 valence electrons. The summed E-state index contributed by atoms with van der Waals surface area (Å²) < 4.78 is 0. The Morgan fingerprint density at radius 3 is 1.15 bits per heavy atom. The molecule has 0 radical (unpaired) electrons. The van der Waals surface area contributed by atoms with Gasteiger partial charge in [0.05, 0.1) is 0 Å². The molecule has 0 aliphatic heterocycles. The number of benzene rings is 2. The summed E-state index contributed by atoms with van der Waals surface area (Å²) in [5.41, 5.74) is 8.39. The first-order valence-electron chi connectivity index (χ1n) is 7.09. The van der Waals surface area contributed by atoms with Gasteiger partial charge in [-0.3, -0.25) is 40.9 Å². The summed E-state index contributed by atoms with van der Waals surface area (Å²) in [6.45, 7) is 0. The van der Waals surface area contributed by atoms with Crippen LogP contribution in [-0.2, 0) is 9.59 Å². The van der Waals surface area contributed by atoms with Crippen LogP contribution in [-0.4, -0.2) is 23.6 Å². The zero-order chi connectivity index (χ0) is 19.1. The van der Waals surface area contributed by atoms with Crippen LogP contribution in [0.15, 0.2) is 48.5 Å². The molecule has 0 bridgehead atoms. The summed E-state index contributed by atoms with van der Waals surface area (Å²) in [6.07, 6.45) is 0. The molecule has 2 rings (SSSR count). The summed E-state index contributed by atoms with van der Waals surface area (Å²) in [5.74, 6) is -3.64. The fourth-order valence-corrected chi connectivity index (χ4v) is 1.94. The van der Waals surface area contributed by atoms with Crippen LogP contribution < -0.4 is 21.7 Å². The average molecular weight is 395 g/mol. The van der Waals surface area contributed by atoms with E-state index in [4.69, 9.17) is 23.2 Å². The van der Waals surface area contributed by atoms with E-state index in [1.807, 2.05) is 10.9 Å². The van der Waals surface area contributed by atoms with Crippen molar-refractivity contribution in [2.75, 3.05) is 0 Å². The van der Waals surface area contributed by atoms with Crippen molar-refractivity contribution in [3.63, 3.8) is 0 Å². The largest absolute Gasteiger partial charge is 0.329 e. The van der Waals surface area contributed by atoms with E-state index in [-0.39, 0.29) is 11.1 Å². The lowest BCUT2D eigenvalue weighted by molar-refractivity contribution is -0.140. The van der Waals surface area contributed by atoms with Crippen molar-refractivity contribution in [2.24, 2.45) is 0 Å². The Labute approximate surface area is 157 Å². The molecule has 0 aliphatic carbocycles.